The highest BCUT2D eigenvalue weighted by atomic mass is 79.9. The normalized spacial score (nSPS) is 16.1. The van der Waals surface area contributed by atoms with Crippen LogP contribution in [0.5, 0.6) is 5.75 Å². The van der Waals surface area contributed by atoms with Gasteiger partial charge in [0.1, 0.15) is 11.6 Å². The Bertz CT molecular complexity index is 838. The second-order valence-corrected chi connectivity index (χ2v) is 7.45. The number of halogens is 3. The Kier molecular flexibility index (Phi) is 6.34. The van der Waals surface area contributed by atoms with Gasteiger partial charge in [0.2, 0.25) is 11.2 Å². The standard InChI is InChI=1S/C18H19BrClFN2O3/c19-13-2-1-12(15(21)7-13)10-22-3-5-23(6-4-22)11-17-18(25)16(24)8-14(9-20)26-17/h1-2,7-8,25H,3-6,9-11H2. The van der Waals surface area contributed by atoms with Crippen LogP contribution in [0.2, 0.25) is 0 Å². The van der Waals surface area contributed by atoms with Crippen molar-refractivity contribution >= 4 is 27.5 Å². The maximum absolute atomic E-state index is 14.0. The fraction of sp³-hybridized carbons (Fsp3) is 0.389. The quantitative estimate of drug-likeness (QED) is 0.716. The zero-order chi connectivity index (χ0) is 18.7. The summed E-state index contributed by atoms with van der Waals surface area (Å²) in [7, 11) is 0. The maximum Gasteiger partial charge on any atom is 0.227 e. The maximum atomic E-state index is 14.0. The Morgan fingerprint density at radius 3 is 2.42 bits per heavy atom. The van der Waals surface area contributed by atoms with Gasteiger partial charge in [-0.25, -0.2) is 4.39 Å². The Labute approximate surface area is 164 Å². The predicted molar refractivity (Wildman–Crippen MR) is 101 cm³/mol. The third-order valence-corrected chi connectivity index (χ3v) is 5.17. The summed E-state index contributed by atoms with van der Waals surface area (Å²) in [6.07, 6.45) is 0. The predicted octanol–water partition coefficient (Wildman–Crippen LogP) is 3.30. The fourth-order valence-electron chi connectivity index (χ4n) is 2.96. The molecule has 1 aromatic heterocycles. The van der Waals surface area contributed by atoms with Crippen LogP contribution < -0.4 is 5.43 Å². The molecule has 0 aliphatic carbocycles. The molecule has 5 nitrogen and oxygen atoms in total. The highest BCUT2D eigenvalue weighted by molar-refractivity contribution is 9.10. The third kappa shape index (κ3) is 4.65. The number of rotatable bonds is 5. The molecule has 8 heteroatoms. The Balaban J connectivity index is 1.59. The molecule has 0 unspecified atom stereocenters. The van der Waals surface area contributed by atoms with Crippen molar-refractivity contribution in [2.24, 2.45) is 0 Å². The number of piperazine rings is 1. The summed E-state index contributed by atoms with van der Waals surface area (Å²) in [5.41, 5.74) is 0.186. The van der Waals surface area contributed by atoms with Gasteiger partial charge in [0, 0.05) is 48.8 Å². The highest BCUT2D eigenvalue weighted by Gasteiger charge is 2.21. The molecule has 0 atom stereocenters. The van der Waals surface area contributed by atoms with Gasteiger partial charge in [-0.1, -0.05) is 22.0 Å². The van der Waals surface area contributed by atoms with Gasteiger partial charge in [-0.3, -0.25) is 14.6 Å². The van der Waals surface area contributed by atoms with Crippen molar-refractivity contribution in [3.05, 3.63) is 61.9 Å². The van der Waals surface area contributed by atoms with Crippen LogP contribution in [0.4, 0.5) is 4.39 Å². The molecule has 0 radical (unpaired) electrons. The van der Waals surface area contributed by atoms with Gasteiger partial charge in [0.15, 0.2) is 5.76 Å². The Hall–Kier alpha value is -1.41. The van der Waals surface area contributed by atoms with E-state index in [0.717, 1.165) is 30.7 Å². The lowest BCUT2D eigenvalue weighted by atomic mass is 10.2. The monoisotopic (exact) mass is 444 g/mol. The van der Waals surface area contributed by atoms with Crippen LogP contribution in [0.3, 0.4) is 0 Å². The van der Waals surface area contributed by atoms with E-state index in [2.05, 4.69) is 25.7 Å². The average molecular weight is 446 g/mol. The molecule has 1 fully saturated rings. The minimum atomic E-state index is -0.480. The summed E-state index contributed by atoms with van der Waals surface area (Å²) in [4.78, 5) is 16.0. The number of hydrogen-bond donors (Lipinski definition) is 1. The van der Waals surface area contributed by atoms with E-state index >= 15 is 0 Å². The zero-order valence-electron chi connectivity index (χ0n) is 14.1. The minimum absolute atomic E-state index is 0.0784. The molecule has 26 heavy (non-hydrogen) atoms. The lowest BCUT2D eigenvalue weighted by Crippen LogP contribution is -2.45. The number of aromatic hydroxyl groups is 1. The summed E-state index contributed by atoms with van der Waals surface area (Å²) in [5, 5.41) is 9.92. The van der Waals surface area contributed by atoms with E-state index in [0.29, 0.717) is 24.4 Å². The van der Waals surface area contributed by atoms with Crippen LogP contribution in [0.15, 0.2) is 37.9 Å². The van der Waals surface area contributed by atoms with Gasteiger partial charge < -0.3 is 9.52 Å². The molecule has 1 aliphatic heterocycles. The molecule has 1 aromatic carbocycles. The first kappa shape index (κ1) is 19.4. The number of alkyl halides is 1. The van der Waals surface area contributed by atoms with E-state index in [1.165, 1.54) is 12.1 Å². The van der Waals surface area contributed by atoms with E-state index in [9.17, 15) is 14.3 Å². The van der Waals surface area contributed by atoms with Gasteiger partial charge in [0.05, 0.1) is 12.4 Å². The van der Waals surface area contributed by atoms with Gasteiger partial charge in [-0.15, -0.1) is 11.6 Å². The second kappa shape index (κ2) is 8.52. The molecule has 140 valence electrons. The SMILES string of the molecule is O=c1cc(CCl)oc(CN2CCN(Cc3ccc(Br)cc3F)CC2)c1O. The first-order valence-electron chi connectivity index (χ1n) is 8.25. The van der Waals surface area contributed by atoms with Gasteiger partial charge >= 0.3 is 0 Å². The van der Waals surface area contributed by atoms with E-state index in [4.69, 9.17) is 16.0 Å². The zero-order valence-corrected chi connectivity index (χ0v) is 16.4. The lowest BCUT2D eigenvalue weighted by Gasteiger charge is -2.34. The third-order valence-electron chi connectivity index (χ3n) is 4.42. The van der Waals surface area contributed by atoms with E-state index in [1.54, 1.807) is 6.07 Å². The number of hydrogen-bond acceptors (Lipinski definition) is 5. The molecular weight excluding hydrogens is 427 g/mol. The van der Waals surface area contributed by atoms with Crippen LogP contribution in [-0.4, -0.2) is 41.1 Å². The van der Waals surface area contributed by atoms with Crippen LogP contribution in [0.1, 0.15) is 17.1 Å². The molecule has 3 rings (SSSR count). The minimum Gasteiger partial charge on any atom is -0.502 e. The van der Waals surface area contributed by atoms with Crippen molar-refractivity contribution in [3.63, 3.8) is 0 Å². The van der Waals surface area contributed by atoms with Gasteiger partial charge in [-0.05, 0) is 12.1 Å². The molecule has 0 saturated carbocycles. The highest BCUT2D eigenvalue weighted by Crippen LogP contribution is 2.20. The van der Waals surface area contributed by atoms with Crippen molar-refractivity contribution in [3.8, 4) is 5.75 Å². The summed E-state index contributed by atoms with van der Waals surface area (Å²) in [6.45, 7) is 3.87. The first-order valence-corrected chi connectivity index (χ1v) is 9.58. The fourth-order valence-corrected chi connectivity index (χ4v) is 3.43. The summed E-state index contributed by atoms with van der Waals surface area (Å²) >= 11 is 8.98. The van der Waals surface area contributed by atoms with Crippen molar-refractivity contribution in [1.82, 2.24) is 9.80 Å². The lowest BCUT2D eigenvalue weighted by molar-refractivity contribution is 0.113. The topological polar surface area (TPSA) is 56.9 Å². The van der Waals surface area contributed by atoms with Crippen molar-refractivity contribution < 1.29 is 13.9 Å². The van der Waals surface area contributed by atoms with Crippen LogP contribution in [0.25, 0.3) is 0 Å². The molecule has 0 spiro atoms. The molecule has 1 saturated heterocycles. The van der Waals surface area contributed by atoms with Gasteiger partial charge in [-0.2, -0.15) is 0 Å². The molecule has 1 N–H and O–H groups in total. The Morgan fingerprint density at radius 2 is 1.81 bits per heavy atom. The molecule has 0 bridgehead atoms. The van der Waals surface area contributed by atoms with Crippen LogP contribution in [-0.2, 0) is 19.0 Å². The Morgan fingerprint density at radius 1 is 1.15 bits per heavy atom. The molecule has 0 amide bonds. The largest absolute Gasteiger partial charge is 0.502 e. The summed E-state index contributed by atoms with van der Waals surface area (Å²) in [5.74, 6) is 0.0775. The summed E-state index contributed by atoms with van der Waals surface area (Å²) < 4.78 is 20.2. The van der Waals surface area contributed by atoms with E-state index in [1.807, 2.05) is 6.07 Å². The molecule has 1 aliphatic rings. The number of nitrogens with zero attached hydrogens (tertiary/aromatic N) is 2. The molecule has 2 heterocycles. The van der Waals surface area contributed by atoms with Crippen LogP contribution >= 0.6 is 27.5 Å². The van der Waals surface area contributed by atoms with E-state index < -0.39 is 5.43 Å². The van der Waals surface area contributed by atoms with Crippen molar-refractivity contribution in [1.29, 1.82) is 0 Å². The second-order valence-electron chi connectivity index (χ2n) is 6.27. The summed E-state index contributed by atoms with van der Waals surface area (Å²) in [6, 6.07) is 6.30. The molecular formula is C18H19BrClFN2O3. The molecule has 2 aromatic rings. The average Bonchev–Trinajstić information content (AvgIpc) is 2.62. The van der Waals surface area contributed by atoms with Crippen molar-refractivity contribution in [2.45, 2.75) is 19.0 Å². The van der Waals surface area contributed by atoms with E-state index in [-0.39, 0.29) is 23.2 Å². The van der Waals surface area contributed by atoms with Crippen molar-refractivity contribution in [2.75, 3.05) is 26.2 Å². The smallest absolute Gasteiger partial charge is 0.227 e. The first-order chi connectivity index (χ1) is 12.5. The van der Waals surface area contributed by atoms with Gasteiger partial charge in [0.25, 0.3) is 0 Å². The number of benzene rings is 1. The van der Waals surface area contributed by atoms with Crippen LogP contribution in [0, 0.1) is 5.82 Å².